The molecule has 8 heteroatoms. The molecule has 0 fully saturated rings. The summed E-state index contributed by atoms with van der Waals surface area (Å²) in [7, 11) is 0. The fourth-order valence-electron chi connectivity index (χ4n) is 3.48. The van der Waals surface area contributed by atoms with Crippen LogP contribution in [0.25, 0.3) is 0 Å². The van der Waals surface area contributed by atoms with Gasteiger partial charge in [-0.2, -0.15) is 0 Å². The summed E-state index contributed by atoms with van der Waals surface area (Å²) in [5.41, 5.74) is -1.29. The maximum Gasteiger partial charge on any atom is 0.343 e. The van der Waals surface area contributed by atoms with Crippen LogP contribution in [-0.2, 0) is 14.3 Å². The van der Waals surface area contributed by atoms with Crippen LogP contribution in [-0.4, -0.2) is 57.1 Å². The topological polar surface area (TPSA) is 134 Å². The Hall–Kier alpha value is -3.10. The number of phenolic OH excluding ortho intramolecular Hbond substituents is 2. The molecule has 0 radical (unpaired) electrons. The summed E-state index contributed by atoms with van der Waals surface area (Å²) in [5.74, 6) is -2.48. The van der Waals surface area contributed by atoms with Gasteiger partial charge in [0.2, 0.25) is 5.78 Å². The molecule has 4 N–H and O–H groups in total. The Morgan fingerprint density at radius 1 is 1.34 bits per heavy atom. The normalized spacial score (nSPS) is 26.4. The highest BCUT2D eigenvalue weighted by atomic mass is 16.6. The molecule has 0 aromatic heterocycles. The molecule has 3 rings (SSSR count). The lowest BCUT2D eigenvalue weighted by molar-refractivity contribution is -0.152. The van der Waals surface area contributed by atoms with Crippen LogP contribution in [0.1, 0.15) is 22.8 Å². The third-order valence-corrected chi connectivity index (χ3v) is 5.10. The largest absolute Gasteiger partial charge is 0.508 e. The van der Waals surface area contributed by atoms with Gasteiger partial charge in [-0.05, 0) is 49.3 Å². The number of carbonyl (C=O) groups excluding carboxylic acids is 2. The van der Waals surface area contributed by atoms with Gasteiger partial charge < -0.3 is 29.9 Å². The van der Waals surface area contributed by atoms with Gasteiger partial charge in [-0.15, -0.1) is 0 Å². The first-order valence-corrected chi connectivity index (χ1v) is 8.99. The molecule has 1 aromatic rings. The van der Waals surface area contributed by atoms with Crippen LogP contribution < -0.4 is 0 Å². The van der Waals surface area contributed by atoms with Crippen LogP contribution in [0.15, 0.2) is 47.8 Å². The lowest BCUT2D eigenvalue weighted by Gasteiger charge is -2.41. The summed E-state index contributed by atoms with van der Waals surface area (Å²) in [6.45, 7) is 2.69. The Bertz CT molecular complexity index is 919. The van der Waals surface area contributed by atoms with E-state index >= 15 is 0 Å². The zero-order valence-corrected chi connectivity index (χ0v) is 16.0. The first kappa shape index (κ1) is 20.6. The predicted octanol–water partition coefficient (Wildman–Crippen LogP) is 1.27. The monoisotopic (exact) mass is 402 g/mol. The highest BCUT2D eigenvalue weighted by Gasteiger charge is 2.52. The zero-order chi connectivity index (χ0) is 21.3. The molecule has 29 heavy (non-hydrogen) atoms. The number of aliphatic hydroxyl groups excluding tert-OH is 2. The summed E-state index contributed by atoms with van der Waals surface area (Å²) < 4.78 is 10.9. The van der Waals surface area contributed by atoms with Gasteiger partial charge in [0.1, 0.15) is 28.9 Å². The molecular weight excluding hydrogens is 380 g/mol. The molecule has 0 amide bonds. The van der Waals surface area contributed by atoms with Crippen LogP contribution >= 0.6 is 0 Å². The fraction of sp³-hybridized carbons (Fsp3) is 0.333. The van der Waals surface area contributed by atoms with Gasteiger partial charge in [0.05, 0.1) is 13.2 Å². The van der Waals surface area contributed by atoms with Crippen molar-refractivity contribution in [3.8, 4) is 11.5 Å². The van der Waals surface area contributed by atoms with Gasteiger partial charge in [-0.1, -0.05) is 6.08 Å². The van der Waals surface area contributed by atoms with Gasteiger partial charge in [-0.25, -0.2) is 4.79 Å². The van der Waals surface area contributed by atoms with Gasteiger partial charge in [0.15, 0.2) is 5.60 Å². The van der Waals surface area contributed by atoms with Crippen molar-refractivity contribution in [1.82, 2.24) is 0 Å². The molecular formula is C21H22O8. The van der Waals surface area contributed by atoms with E-state index in [1.54, 1.807) is 12.2 Å². The van der Waals surface area contributed by atoms with E-state index in [0.29, 0.717) is 11.3 Å². The molecule has 154 valence electrons. The number of esters is 1. The van der Waals surface area contributed by atoms with Gasteiger partial charge >= 0.3 is 5.97 Å². The number of aromatic hydroxyl groups is 2. The number of rotatable bonds is 4. The molecule has 0 spiro atoms. The second-order valence-corrected chi connectivity index (χ2v) is 7.16. The quantitative estimate of drug-likeness (QED) is 0.554. The number of fused-ring (bicyclic) bond motifs is 1. The first-order chi connectivity index (χ1) is 13.7. The lowest BCUT2D eigenvalue weighted by Crippen LogP contribution is -2.57. The molecule has 8 nitrogen and oxygen atoms in total. The molecule has 1 heterocycles. The minimum absolute atomic E-state index is 0.0541. The van der Waals surface area contributed by atoms with Gasteiger partial charge in [0.25, 0.3) is 0 Å². The molecule has 2 aliphatic rings. The summed E-state index contributed by atoms with van der Waals surface area (Å²) in [4.78, 5) is 25.4. The zero-order valence-electron chi connectivity index (χ0n) is 16.0. The highest BCUT2D eigenvalue weighted by molar-refractivity contribution is 6.03. The van der Waals surface area contributed by atoms with Crippen molar-refractivity contribution in [3.63, 3.8) is 0 Å². The second kappa shape index (κ2) is 7.73. The van der Waals surface area contributed by atoms with Crippen molar-refractivity contribution in [2.75, 3.05) is 13.2 Å². The van der Waals surface area contributed by atoms with E-state index < -0.39 is 35.1 Å². The Morgan fingerprint density at radius 3 is 2.72 bits per heavy atom. The molecule has 0 saturated heterocycles. The third kappa shape index (κ3) is 3.76. The number of carbonyl (C=O) groups is 2. The number of ketones is 1. The van der Waals surface area contributed by atoms with Crippen molar-refractivity contribution in [2.45, 2.75) is 25.6 Å². The molecule has 0 saturated carbocycles. The van der Waals surface area contributed by atoms with E-state index in [0.717, 1.165) is 6.07 Å². The number of allylic oxidation sites excluding steroid dienone is 2. The Morgan fingerprint density at radius 2 is 2.07 bits per heavy atom. The van der Waals surface area contributed by atoms with E-state index in [4.69, 9.17) is 14.6 Å². The van der Waals surface area contributed by atoms with Crippen molar-refractivity contribution >= 4 is 11.8 Å². The Kier molecular flexibility index (Phi) is 5.50. The molecule has 1 aliphatic carbocycles. The lowest BCUT2D eigenvalue weighted by atomic mass is 9.74. The fourth-order valence-corrected chi connectivity index (χ4v) is 3.48. The van der Waals surface area contributed by atoms with Crippen LogP contribution in [0.2, 0.25) is 0 Å². The number of aryl methyl sites for hydroxylation is 1. The van der Waals surface area contributed by atoms with E-state index in [9.17, 15) is 24.9 Å². The average Bonchev–Trinajstić information content (AvgIpc) is 2.64. The summed E-state index contributed by atoms with van der Waals surface area (Å²) >= 11 is 0. The smallest absolute Gasteiger partial charge is 0.343 e. The molecule has 3 atom stereocenters. The predicted molar refractivity (Wildman–Crippen MR) is 101 cm³/mol. The van der Waals surface area contributed by atoms with E-state index in [1.165, 1.54) is 32.1 Å². The molecule has 0 unspecified atom stereocenters. The molecule has 0 bridgehead atoms. The SMILES string of the molecule is Cc1cc(O)cc(O)c1C(=O)O[C@]1(C)C(=O)C=C2C=C(/C=C/CO)OC[C@H]2[C@@H]1O. The van der Waals surface area contributed by atoms with E-state index in [-0.39, 0.29) is 30.1 Å². The summed E-state index contributed by atoms with van der Waals surface area (Å²) in [6.07, 6.45) is 4.53. The summed E-state index contributed by atoms with van der Waals surface area (Å²) in [5, 5.41) is 39.2. The minimum atomic E-state index is -1.88. The number of hydrogen-bond acceptors (Lipinski definition) is 8. The highest BCUT2D eigenvalue weighted by Crippen LogP contribution is 2.38. The standard InChI is InChI=1S/C21H22O8/c1-11-6-13(23)9-16(24)18(11)20(27)29-21(2)17(25)8-12-7-14(4-3-5-22)28-10-15(12)19(21)26/h3-4,6-9,15,19,22-24,26H,5,10H2,1-2H3/b4-3+/t15-,19+,21-/m1/s1. The number of aliphatic hydroxyl groups is 2. The molecule has 1 aliphatic heterocycles. The van der Waals surface area contributed by atoms with Crippen molar-refractivity contribution in [3.05, 3.63) is 58.9 Å². The van der Waals surface area contributed by atoms with Crippen molar-refractivity contribution in [2.24, 2.45) is 5.92 Å². The van der Waals surface area contributed by atoms with E-state index in [2.05, 4.69) is 0 Å². The number of ether oxygens (including phenoxy) is 2. The Labute approximate surface area is 167 Å². The van der Waals surface area contributed by atoms with Crippen molar-refractivity contribution < 1.29 is 39.5 Å². The summed E-state index contributed by atoms with van der Waals surface area (Å²) in [6, 6.07) is 2.27. The van der Waals surface area contributed by atoms with Crippen molar-refractivity contribution in [1.29, 1.82) is 0 Å². The third-order valence-electron chi connectivity index (χ3n) is 5.10. The maximum atomic E-state index is 12.7. The number of hydrogen-bond donors (Lipinski definition) is 4. The second-order valence-electron chi connectivity index (χ2n) is 7.16. The van der Waals surface area contributed by atoms with Crippen LogP contribution in [0.4, 0.5) is 0 Å². The number of phenols is 2. The van der Waals surface area contributed by atoms with Gasteiger partial charge in [-0.3, -0.25) is 4.79 Å². The van der Waals surface area contributed by atoms with Gasteiger partial charge in [0, 0.05) is 12.0 Å². The maximum absolute atomic E-state index is 12.7. The molecule has 1 aromatic carbocycles. The average molecular weight is 402 g/mol. The van der Waals surface area contributed by atoms with Crippen LogP contribution in [0.3, 0.4) is 0 Å². The van der Waals surface area contributed by atoms with Crippen LogP contribution in [0.5, 0.6) is 11.5 Å². The first-order valence-electron chi connectivity index (χ1n) is 8.99. The van der Waals surface area contributed by atoms with Crippen LogP contribution in [0, 0.1) is 12.8 Å². The Balaban J connectivity index is 1.91. The minimum Gasteiger partial charge on any atom is -0.508 e. The van der Waals surface area contributed by atoms with E-state index in [1.807, 2.05) is 0 Å². The number of benzene rings is 1.